The highest BCUT2D eigenvalue weighted by molar-refractivity contribution is 5.95. The number of hydrogen-bond acceptors (Lipinski definition) is 3. The molecule has 116 valence electrons. The Labute approximate surface area is 135 Å². The number of hydrogen-bond donors (Lipinski definition) is 1. The Morgan fingerprint density at radius 2 is 1.96 bits per heavy atom. The van der Waals surface area contributed by atoms with Crippen LogP contribution in [-0.2, 0) is 6.54 Å². The molecule has 2 heterocycles. The zero-order chi connectivity index (χ0) is 16.1. The zero-order valence-corrected chi connectivity index (χ0v) is 12.9. The second-order valence-corrected chi connectivity index (χ2v) is 5.31. The maximum absolute atomic E-state index is 12.6. The molecular weight excluding hydrogens is 288 g/mol. The largest absolute Gasteiger partial charge is 0.344 e. The molecule has 0 fully saturated rings. The highest BCUT2D eigenvalue weighted by atomic mass is 16.1. The number of rotatable bonds is 5. The SMILES string of the molecule is C[C@@H](NC(=O)c1ccccc1Cn1cccn1)c1ccccn1. The third kappa shape index (κ3) is 3.63. The Kier molecular flexibility index (Phi) is 4.47. The molecule has 2 aromatic heterocycles. The zero-order valence-electron chi connectivity index (χ0n) is 12.9. The second-order valence-electron chi connectivity index (χ2n) is 5.31. The molecule has 3 rings (SSSR count). The van der Waals surface area contributed by atoms with Gasteiger partial charge in [-0.2, -0.15) is 5.10 Å². The van der Waals surface area contributed by atoms with Crippen LogP contribution in [0.2, 0.25) is 0 Å². The average Bonchev–Trinajstić information content (AvgIpc) is 3.09. The van der Waals surface area contributed by atoms with Gasteiger partial charge in [-0.3, -0.25) is 14.5 Å². The van der Waals surface area contributed by atoms with Crippen LogP contribution in [-0.4, -0.2) is 20.7 Å². The van der Waals surface area contributed by atoms with Crippen molar-refractivity contribution in [3.8, 4) is 0 Å². The van der Waals surface area contributed by atoms with E-state index in [-0.39, 0.29) is 11.9 Å². The molecule has 1 aromatic carbocycles. The first-order chi connectivity index (χ1) is 11.2. The summed E-state index contributed by atoms with van der Waals surface area (Å²) in [5.74, 6) is -0.106. The van der Waals surface area contributed by atoms with Crippen molar-refractivity contribution in [2.45, 2.75) is 19.5 Å². The van der Waals surface area contributed by atoms with Gasteiger partial charge in [-0.15, -0.1) is 0 Å². The molecule has 0 aliphatic heterocycles. The molecule has 0 radical (unpaired) electrons. The van der Waals surface area contributed by atoms with E-state index in [1.807, 2.05) is 61.7 Å². The van der Waals surface area contributed by atoms with Gasteiger partial charge in [0.15, 0.2) is 0 Å². The molecule has 1 amide bonds. The topological polar surface area (TPSA) is 59.8 Å². The van der Waals surface area contributed by atoms with Gasteiger partial charge in [0.25, 0.3) is 5.91 Å². The Hall–Kier alpha value is -2.95. The van der Waals surface area contributed by atoms with Gasteiger partial charge in [0.2, 0.25) is 0 Å². The minimum atomic E-state index is -0.151. The standard InChI is InChI=1S/C18H18N4O/c1-14(17-9-4-5-10-19-17)21-18(23)16-8-3-2-7-15(16)13-22-12-6-11-20-22/h2-12,14H,13H2,1H3,(H,21,23)/t14-/m1/s1. The quantitative estimate of drug-likeness (QED) is 0.788. The van der Waals surface area contributed by atoms with Crippen molar-refractivity contribution in [1.29, 1.82) is 0 Å². The molecule has 0 aliphatic rings. The summed E-state index contributed by atoms with van der Waals surface area (Å²) < 4.78 is 1.80. The van der Waals surface area contributed by atoms with Crippen molar-refractivity contribution in [1.82, 2.24) is 20.1 Å². The maximum atomic E-state index is 12.6. The lowest BCUT2D eigenvalue weighted by molar-refractivity contribution is 0.0938. The summed E-state index contributed by atoms with van der Waals surface area (Å²) in [6.07, 6.45) is 5.33. The predicted octanol–water partition coefficient (Wildman–Crippen LogP) is 2.82. The fraction of sp³-hybridized carbons (Fsp3) is 0.167. The van der Waals surface area contributed by atoms with Crippen molar-refractivity contribution in [3.05, 3.63) is 83.9 Å². The summed E-state index contributed by atoms with van der Waals surface area (Å²) in [4.78, 5) is 16.9. The molecule has 0 saturated heterocycles. The van der Waals surface area contributed by atoms with Gasteiger partial charge < -0.3 is 5.32 Å². The van der Waals surface area contributed by atoms with E-state index in [0.29, 0.717) is 12.1 Å². The molecule has 23 heavy (non-hydrogen) atoms. The van der Waals surface area contributed by atoms with Gasteiger partial charge in [0.1, 0.15) is 0 Å². The molecule has 0 aliphatic carbocycles. The monoisotopic (exact) mass is 306 g/mol. The van der Waals surface area contributed by atoms with Crippen LogP contribution >= 0.6 is 0 Å². The van der Waals surface area contributed by atoms with E-state index >= 15 is 0 Å². The number of benzene rings is 1. The second kappa shape index (κ2) is 6.87. The Morgan fingerprint density at radius 3 is 2.70 bits per heavy atom. The van der Waals surface area contributed by atoms with Gasteiger partial charge in [-0.1, -0.05) is 24.3 Å². The van der Waals surface area contributed by atoms with Gasteiger partial charge >= 0.3 is 0 Å². The summed E-state index contributed by atoms with van der Waals surface area (Å²) >= 11 is 0. The first-order valence-electron chi connectivity index (χ1n) is 7.51. The molecule has 5 heteroatoms. The van der Waals surface area contributed by atoms with E-state index in [1.54, 1.807) is 17.1 Å². The van der Waals surface area contributed by atoms with Crippen LogP contribution < -0.4 is 5.32 Å². The van der Waals surface area contributed by atoms with E-state index in [1.165, 1.54) is 0 Å². The summed E-state index contributed by atoms with van der Waals surface area (Å²) in [5, 5.41) is 7.20. The van der Waals surface area contributed by atoms with E-state index in [0.717, 1.165) is 11.3 Å². The number of nitrogens with one attached hydrogen (secondary N) is 1. The normalized spacial score (nSPS) is 11.9. The number of carbonyl (C=O) groups is 1. The number of nitrogens with zero attached hydrogens (tertiary/aromatic N) is 3. The number of amides is 1. The Morgan fingerprint density at radius 1 is 1.13 bits per heavy atom. The third-order valence-electron chi connectivity index (χ3n) is 3.63. The van der Waals surface area contributed by atoms with Gasteiger partial charge in [0, 0.05) is 24.2 Å². The minimum Gasteiger partial charge on any atom is -0.344 e. The number of pyridine rings is 1. The molecule has 0 unspecified atom stereocenters. The molecule has 0 spiro atoms. The van der Waals surface area contributed by atoms with Crippen LogP contribution in [0.4, 0.5) is 0 Å². The Balaban J connectivity index is 1.77. The third-order valence-corrected chi connectivity index (χ3v) is 3.63. The van der Waals surface area contributed by atoms with Crippen LogP contribution in [0.5, 0.6) is 0 Å². The fourth-order valence-corrected chi connectivity index (χ4v) is 2.43. The van der Waals surface area contributed by atoms with E-state index in [2.05, 4.69) is 15.4 Å². The summed E-state index contributed by atoms with van der Waals surface area (Å²) in [5.41, 5.74) is 2.43. The van der Waals surface area contributed by atoms with E-state index in [9.17, 15) is 4.79 Å². The molecule has 0 bridgehead atoms. The van der Waals surface area contributed by atoms with E-state index in [4.69, 9.17) is 0 Å². The molecule has 3 aromatic rings. The maximum Gasteiger partial charge on any atom is 0.252 e. The molecule has 1 N–H and O–H groups in total. The predicted molar refractivity (Wildman–Crippen MR) is 87.9 cm³/mol. The highest BCUT2D eigenvalue weighted by Gasteiger charge is 2.15. The molecule has 0 saturated carbocycles. The van der Waals surface area contributed by atoms with Crippen molar-refractivity contribution in [3.63, 3.8) is 0 Å². The summed E-state index contributed by atoms with van der Waals surface area (Å²) in [6, 6.07) is 15.0. The van der Waals surface area contributed by atoms with Crippen molar-refractivity contribution >= 4 is 5.91 Å². The number of carbonyl (C=O) groups excluding carboxylic acids is 1. The molecule has 5 nitrogen and oxygen atoms in total. The lowest BCUT2D eigenvalue weighted by Gasteiger charge is -2.15. The molecule has 1 atom stereocenters. The van der Waals surface area contributed by atoms with E-state index < -0.39 is 0 Å². The number of aromatic nitrogens is 3. The van der Waals surface area contributed by atoms with Crippen LogP contribution in [0.15, 0.2) is 67.1 Å². The van der Waals surface area contributed by atoms with Gasteiger partial charge in [-0.05, 0) is 36.8 Å². The van der Waals surface area contributed by atoms with Crippen LogP contribution in [0.25, 0.3) is 0 Å². The van der Waals surface area contributed by atoms with Gasteiger partial charge in [-0.25, -0.2) is 0 Å². The van der Waals surface area contributed by atoms with Crippen molar-refractivity contribution in [2.75, 3.05) is 0 Å². The van der Waals surface area contributed by atoms with Crippen molar-refractivity contribution in [2.24, 2.45) is 0 Å². The smallest absolute Gasteiger partial charge is 0.252 e. The van der Waals surface area contributed by atoms with Crippen LogP contribution in [0.3, 0.4) is 0 Å². The lowest BCUT2D eigenvalue weighted by atomic mass is 10.1. The minimum absolute atomic E-state index is 0.106. The van der Waals surface area contributed by atoms with Crippen LogP contribution in [0.1, 0.15) is 34.6 Å². The first-order valence-corrected chi connectivity index (χ1v) is 7.51. The molecular formula is C18H18N4O. The first kappa shape index (κ1) is 15.0. The summed E-state index contributed by atoms with van der Waals surface area (Å²) in [6.45, 7) is 2.49. The summed E-state index contributed by atoms with van der Waals surface area (Å²) in [7, 11) is 0. The van der Waals surface area contributed by atoms with Crippen molar-refractivity contribution < 1.29 is 4.79 Å². The Bertz CT molecular complexity index is 769. The highest BCUT2D eigenvalue weighted by Crippen LogP contribution is 2.14. The fourth-order valence-electron chi connectivity index (χ4n) is 2.43. The average molecular weight is 306 g/mol. The van der Waals surface area contributed by atoms with Gasteiger partial charge in [0.05, 0.1) is 18.3 Å². The van der Waals surface area contributed by atoms with Crippen LogP contribution in [0, 0.1) is 0 Å². The lowest BCUT2D eigenvalue weighted by Crippen LogP contribution is -2.28.